The van der Waals surface area contributed by atoms with Crippen molar-refractivity contribution in [2.24, 2.45) is 0 Å². The SMILES string of the molecule is Cc1nc(CN(C)CC(=O)N(C)C2(C#N)CCCCC2)cs1. The van der Waals surface area contributed by atoms with Crippen LogP contribution in [0.4, 0.5) is 0 Å². The molecule has 0 bridgehead atoms. The molecule has 1 amide bonds. The third-order valence-electron chi connectivity index (χ3n) is 4.41. The van der Waals surface area contributed by atoms with E-state index in [4.69, 9.17) is 0 Å². The van der Waals surface area contributed by atoms with Crippen LogP contribution in [0.15, 0.2) is 5.38 Å². The minimum Gasteiger partial charge on any atom is -0.326 e. The Morgan fingerprint density at radius 2 is 2.09 bits per heavy atom. The van der Waals surface area contributed by atoms with Crippen molar-refractivity contribution in [3.05, 3.63) is 16.1 Å². The largest absolute Gasteiger partial charge is 0.326 e. The second-order valence-electron chi connectivity index (χ2n) is 6.19. The van der Waals surface area contributed by atoms with Gasteiger partial charge in [-0.2, -0.15) is 5.26 Å². The normalized spacial score (nSPS) is 17.2. The van der Waals surface area contributed by atoms with Gasteiger partial charge < -0.3 is 4.90 Å². The molecule has 1 saturated carbocycles. The van der Waals surface area contributed by atoms with Crippen molar-refractivity contribution < 1.29 is 4.79 Å². The number of amides is 1. The second kappa shape index (κ2) is 7.21. The number of thiazole rings is 1. The van der Waals surface area contributed by atoms with Gasteiger partial charge in [-0.15, -0.1) is 11.3 Å². The number of rotatable bonds is 5. The van der Waals surface area contributed by atoms with Crippen LogP contribution in [0.25, 0.3) is 0 Å². The van der Waals surface area contributed by atoms with E-state index in [-0.39, 0.29) is 5.91 Å². The predicted molar refractivity (Wildman–Crippen MR) is 87.4 cm³/mol. The van der Waals surface area contributed by atoms with E-state index in [0.717, 1.165) is 42.8 Å². The highest BCUT2D eigenvalue weighted by Crippen LogP contribution is 2.32. The van der Waals surface area contributed by atoms with Crippen molar-refractivity contribution in [1.82, 2.24) is 14.8 Å². The smallest absolute Gasteiger partial charge is 0.237 e. The number of nitriles is 1. The lowest BCUT2D eigenvalue weighted by Gasteiger charge is -2.39. The number of aromatic nitrogens is 1. The fraction of sp³-hybridized carbons (Fsp3) is 0.688. The van der Waals surface area contributed by atoms with Crippen LogP contribution in [-0.2, 0) is 11.3 Å². The lowest BCUT2D eigenvalue weighted by atomic mass is 9.81. The zero-order valence-electron chi connectivity index (χ0n) is 13.6. The highest BCUT2D eigenvalue weighted by atomic mass is 32.1. The van der Waals surface area contributed by atoms with Crippen molar-refractivity contribution in [3.8, 4) is 6.07 Å². The van der Waals surface area contributed by atoms with Gasteiger partial charge in [0.2, 0.25) is 5.91 Å². The van der Waals surface area contributed by atoms with E-state index in [0.29, 0.717) is 13.1 Å². The molecule has 0 N–H and O–H groups in total. The molecular weight excluding hydrogens is 296 g/mol. The predicted octanol–water partition coefficient (Wildman–Crippen LogP) is 2.57. The summed E-state index contributed by atoms with van der Waals surface area (Å²) in [7, 11) is 3.69. The topological polar surface area (TPSA) is 60.2 Å². The number of hydrogen-bond acceptors (Lipinski definition) is 5. The average molecular weight is 320 g/mol. The van der Waals surface area contributed by atoms with Gasteiger partial charge in [0, 0.05) is 19.0 Å². The average Bonchev–Trinajstić information content (AvgIpc) is 2.91. The fourth-order valence-electron chi connectivity index (χ4n) is 3.05. The Morgan fingerprint density at radius 1 is 1.41 bits per heavy atom. The summed E-state index contributed by atoms with van der Waals surface area (Å²) in [5, 5.41) is 12.6. The van der Waals surface area contributed by atoms with Gasteiger partial charge in [0.25, 0.3) is 0 Å². The summed E-state index contributed by atoms with van der Waals surface area (Å²) >= 11 is 1.62. The minimum absolute atomic E-state index is 0.0119. The molecule has 0 spiro atoms. The van der Waals surface area contributed by atoms with Crippen molar-refractivity contribution >= 4 is 17.2 Å². The van der Waals surface area contributed by atoms with Gasteiger partial charge >= 0.3 is 0 Å². The Morgan fingerprint density at radius 3 is 2.64 bits per heavy atom. The zero-order chi connectivity index (χ0) is 16.2. The number of carbonyl (C=O) groups excluding carboxylic acids is 1. The number of aryl methyl sites for hydroxylation is 1. The van der Waals surface area contributed by atoms with Gasteiger partial charge in [-0.25, -0.2) is 4.98 Å². The van der Waals surface area contributed by atoms with E-state index in [1.807, 2.05) is 24.3 Å². The van der Waals surface area contributed by atoms with Crippen molar-refractivity contribution in [2.75, 3.05) is 20.6 Å². The van der Waals surface area contributed by atoms with Crippen molar-refractivity contribution in [3.63, 3.8) is 0 Å². The molecule has 1 aromatic heterocycles. The Kier molecular flexibility index (Phi) is 5.54. The summed E-state index contributed by atoms with van der Waals surface area (Å²) in [6, 6.07) is 2.40. The van der Waals surface area contributed by atoms with E-state index in [1.54, 1.807) is 23.3 Å². The summed E-state index contributed by atoms with van der Waals surface area (Å²) in [6.45, 7) is 2.95. The maximum atomic E-state index is 12.5. The summed E-state index contributed by atoms with van der Waals surface area (Å²) in [4.78, 5) is 20.6. The van der Waals surface area contributed by atoms with Crippen LogP contribution in [0, 0.1) is 18.3 Å². The lowest BCUT2D eigenvalue weighted by molar-refractivity contribution is -0.135. The minimum atomic E-state index is -0.604. The Hall–Kier alpha value is -1.45. The second-order valence-corrected chi connectivity index (χ2v) is 7.25. The van der Waals surface area contributed by atoms with Crippen LogP contribution in [-0.4, -0.2) is 46.9 Å². The lowest BCUT2D eigenvalue weighted by Crippen LogP contribution is -2.52. The van der Waals surface area contributed by atoms with Crippen LogP contribution in [0.1, 0.15) is 42.8 Å². The molecule has 0 saturated heterocycles. The van der Waals surface area contributed by atoms with Gasteiger partial charge in [-0.1, -0.05) is 19.3 Å². The number of likely N-dealkylation sites (N-methyl/N-ethyl adjacent to an activating group) is 2. The molecule has 1 aliphatic carbocycles. The van der Waals surface area contributed by atoms with Crippen molar-refractivity contribution in [1.29, 1.82) is 5.26 Å². The van der Waals surface area contributed by atoms with Gasteiger partial charge in [0.05, 0.1) is 23.3 Å². The third kappa shape index (κ3) is 3.84. The van der Waals surface area contributed by atoms with Crippen molar-refractivity contribution in [2.45, 2.75) is 51.1 Å². The molecule has 120 valence electrons. The molecule has 2 rings (SSSR count). The third-order valence-corrected chi connectivity index (χ3v) is 5.23. The first-order chi connectivity index (χ1) is 10.5. The van der Waals surface area contributed by atoms with Gasteiger partial charge in [0.15, 0.2) is 0 Å². The maximum absolute atomic E-state index is 12.5. The molecule has 0 unspecified atom stereocenters. The molecule has 1 heterocycles. The Balaban J connectivity index is 1.94. The Labute approximate surface area is 136 Å². The quantitative estimate of drug-likeness (QED) is 0.836. The molecule has 0 atom stereocenters. The summed E-state index contributed by atoms with van der Waals surface area (Å²) in [5.74, 6) is 0.0119. The molecular formula is C16H24N4OS. The zero-order valence-corrected chi connectivity index (χ0v) is 14.4. The monoisotopic (exact) mass is 320 g/mol. The molecule has 5 nitrogen and oxygen atoms in total. The molecule has 6 heteroatoms. The molecule has 22 heavy (non-hydrogen) atoms. The van der Waals surface area contributed by atoms with Crippen LogP contribution in [0.2, 0.25) is 0 Å². The number of nitrogens with zero attached hydrogens (tertiary/aromatic N) is 4. The standard InChI is InChI=1S/C16H24N4OS/c1-13-18-14(11-22-13)9-19(2)10-15(21)20(3)16(12-17)7-5-4-6-8-16/h11H,4-10H2,1-3H3. The van der Waals surface area contributed by atoms with Crippen LogP contribution >= 0.6 is 11.3 Å². The summed E-state index contributed by atoms with van der Waals surface area (Å²) < 4.78 is 0. The molecule has 1 aliphatic rings. The molecule has 0 aliphatic heterocycles. The molecule has 0 aromatic carbocycles. The van der Waals surface area contributed by atoms with E-state index in [2.05, 4.69) is 11.1 Å². The van der Waals surface area contributed by atoms with Gasteiger partial charge in [0.1, 0.15) is 5.54 Å². The highest BCUT2D eigenvalue weighted by molar-refractivity contribution is 7.09. The van der Waals surface area contributed by atoms with Gasteiger partial charge in [-0.3, -0.25) is 9.69 Å². The Bertz CT molecular complexity index is 557. The summed E-state index contributed by atoms with van der Waals surface area (Å²) in [5.41, 5.74) is 0.390. The van der Waals surface area contributed by atoms with E-state index in [1.165, 1.54) is 0 Å². The van der Waals surface area contributed by atoms with E-state index < -0.39 is 5.54 Å². The first-order valence-corrected chi connectivity index (χ1v) is 8.62. The van der Waals surface area contributed by atoms with E-state index >= 15 is 0 Å². The van der Waals surface area contributed by atoms with Crippen LogP contribution in [0.5, 0.6) is 0 Å². The number of hydrogen-bond donors (Lipinski definition) is 0. The van der Waals surface area contributed by atoms with Gasteiger partial charge in [-0.05, 0) is 26.8 Å². The fourth-order valence-corrected chi connectivity index (χ4v) is 3.65. The molecule has 0 radical (unpaired) electrons. The van der Waals surface area contributed by atoms with Crippen LogP contribution in [0.3, 0.4) is 0 Å². The highest BCUT2D eigenvalue weighted by Gasteiger charge is 2.38. The van der Waals surface area contributed by atoms with E-state index in [9.17, 15) is 10.1 Å². The summed E-state index contributed by atoms with van der Waals surface area (Å²) in [6.07, 6.45) is 4.80. The molecule has 1 aromatic rings. The van der Waals surface area contributed by atoms with Crippen LogP contribution < -0.4 is 0 Å². The number of carbonyl (C=O) groups is 1. The molecule has 1 fully saturated rings. The first-order valence-electron chi connectivity index (χ1n) is 7.74. The first kappa shape index (κ1) is 16.9. The maximum Gasteiger partial charge on any atom is 0.237 e.